The van der Waals surface area contributed by atoms with E-state index in [9.17, 15) is 8.42 Å². The highest BCUT2D eigenvalue weighted by Crippen LogP contribution is 2.20. The smallest absolute Gasteiger partial charge is 0.244 e. The summed E-state index contributed by atoms with van der Waals surface area (Å²) in [6.45, 7) is 7.71. The van der Waals surface area contributed by atoms with Crippen molar-refractivity contribution in [3.63, 3.8) is 0 Å². The minimum absolute atomic E-state index is 0. The van der Waals surface area contributed by atoms with Gasteiger partial charge in [-0.1, -0.05) is 13.8 Å². The van der Waals surface area contributed by atoms with Crippen LogP contribution in [0.2, 0.25) is 0 Å². The third kappa shape index (κ3) is 5.14. The molecule has 1 rings (SSSR count). The number of nitrogens with two attached hydrogens (primary N) is 1. The molecule has 0 aromatic carbocycles. The van der Waals surface area contributed by atoms with Gasteiger partial charge in [-0.15, -0.1) is 12.4 Å². The summed E-state index contributed by atoms with van der Waals surface area (Å²) >= 11 is 0. The molecule has 19 heavy (non-hydrogen) atoms. The van der Waals surface area contributed by atoms with Crippen LogP contribution in [-0.2, 0) is 10.0 Å². The van der Waals surface area contributed by atoms with Crippen molar-refractivity contribution < 1.29 is 12.8 Å². The van der Waals surface area contributed by atoms with Crippen molar-refractivity contribution in [1.29, 1.82) is 0 Å². The zero-order chi connectivity index (χ0) is 13.9. The molecule has 5 nitrogen and oxygen atoms in total. The lowest BCUT2D eigenvalue weighted by Gasteiger charge is -2.18. The molecular weight excluding hydrogens is 288 g/mol. The molecule has 0 aliphatic carbocycles. The van der Waals surface area contributed by atoms with Gasteiger partial charge in [0.1, 0.15) is 16.4 Å². The van der Waals surface area contributed by atoms with Crippen molar-refractivity contribution in [2.24, 2.45) is 11.7 Å². The molecule has 1 heterocycles. The minimum atomic E-state index is -3.55. The fraction of sp³-hybridized carbons (Fsp3) is 0.667. The lowest BCUT2D eigenvalue weighted by Crippen LogP contribution is -2.41. The Morgan fingerprint density at radius 1 is 1.37 bits per heavy atom. The fourth-order valence-corrected chi connectivity index (χ4v) is 3.42. The van der Waals surface area contributed by atoms with Gasteiger partial charge in [-0.3, -0.25) is 0 Å². The van der Waals surface area contributed by atoms with Gasteiger partial charge in [-0.25, -0.2) is 13.1 Å². The number of sulfonamides is 1. The first-order chi connectivity index (χ1) is 8.26. The highest BCUT2D eigenvalue weighted by atomic mass is 35.5. The Hall–Kier alpha value is -0.560. The quantitative estimate of drug-likeness (QED) is 0.841. The summed E-state index contributed by atoms with van der Waals surface area (Å²) in [5, 5.41) is 0. The van der Waals surface area contributed by atoms with Crippen LogP contribution in [-0.4, -0.2) is 21.0 Å². The van der Waals surface area contributed by atoms with E-state index in [4.69, 9.17) is 10.2 Å². The maximum Gasteiger partial charge on any atom is 0.244 e. The summed E-state index contributed by atoms with van der Waals surface area (Å²) in [6.07, 6.45) is 0.714. The molecule has 1 atom stereocenters. The first kappa shape index (κ1) is 18.4. The molecule has 0 saturated heterocycles. The maximum absolute atomic E-state index is 12.2. The lowest BCUT2D eigenvalue weighted by atomic mass is 10.1. The normalized spacial score (nSPS) is 13.4. The third-order valence-electron chi connectivity index (χ3n) is 2.65. The molecule has 112 valence electrons. The van der Waals surface area contributed by atoms with Crippen LogP contribution >= 0.6 is 12.4 Å². The Labute approximate surface area is 121 Å². The van der Waals surface area contributed by atoms with Crippen molar-refractivity contribution in [2.45, 2.75) is 45.1 Å². The molecule has 0 bridgehead atoms. The van der Waals surface area contributed by atoms with E-state index in [1.54, 1.807) is 13.8 Å². The molecule has 7 heteroatoms. The van der Waals surface area contributed by atoms with Crippen LogP contribution in [0.1, 0.15) is 31.8 Å². The van der Waals surface area contributed by atoms with Crippen LogP contribution in [0.4, 0.5) is 0 Å². The number of furan rings is 1. The molecule has 1 unspecified atom stereocenters. The van der Waals surface area contributed by atoms with E-state index >= 15 is 0 Å². The Kier molecular flexibility index (Phi) is 7.07. The van der Waals surface area contributed by atoms with Gasteiger partial charge in [-0.2, -0.15) is 0 Å². The molecule has 0 radical (unpaired) electrons. The standard InChI is InChI=1S/C12H22N2O3S.ClH/c1-8(2)5-11(7-13)14-18(15,16)12-6-9(3)17-10(12)4;/h6,8,11,14H,5,7,13H2,1-4H3;1H. The van der Waals surface area contributed by atoms with Crippen molar-refractivity contribution in [3.05, 3.63) is 17.6 Å². The van der Waals surface area contributed by atoms with Crippen LogP contribution in [0.25, 0.3) is 0 Å². The van der Waals surface area contributed by atoms with Crippen LogP contribution in [0.15, 0.2) is 15.4 Å². The molecule has 0 aliphatic rings. The van der Waals surface area contributed by atoms with E-state index in [1.165, 1.54) is 6.07 Å². The van der Waals surface area contributed by atoms with Crippen molar-refractivity contribution in [2.75, 3.05) is 6.54 Å². The molecular formula is C12H23ClN2O3S. The number of hydrogen-bond donors (Lipinski definition) is 2. The van der Waals surface area contributed by atoms with Gasteiger partial charge < -0.3 is 10.2 Å². The summed E-state index contributed by atoms with van der Waals surface area (Å²) in [5.74, 6) is 1.37. The Balaban J connectivity index is 0.00000324. The maximum atomic E-state index is 12.2. The summed E-state index contributed by atoms with van der Waals surface area (Å²) in [6, 6.07) is 1.28. The highest BCUT2D eigenvalue weighted by Gasteiger charge is 2.24. The van der Waals surface area contributed by atoms with Crippen LogP contribution in [0, 0.1) is 19.8 Å². The topological polar surface area (TPSA) is 85.3 Å². The van der Waals surface area contributed by atoms with Crippen LogP contribution < -0.4 is 10.5 Å². The second-order valence-corrected chi connectivity index (χ2v) is 6.64. The molecule has 1 aromatic rings. The van der Waals surface area contributed by atoms with Gasteiger partial charge in [0.2, 0.25) is 10.0 Å². The average molecular weight is 311 g/mol. The van der Waals surface area contributed by atoms with Gasteiger partial charge in [0.15, 0.2) is 0 Å². The highest BCUT2D eigenvalue weighted by molar-refractivity contribution is 7.89. The van der Waals surface area contributed by atoms with E-state index in [0.717, 1.165) is 0 Å². The van der Waals surface area contributed by atoms with Gasteiger partial charge in [-0.05, 0) is 32.3 Å². The molecule has 0 saturated carbocycles. The summed E-state index contributed by atoms with van der Waals surface area (Å²) in [7, 11) is -3.55. The predicted octanol–water partition coefficient (Wildman–Crippen LogP) is 1.97. The number of hydrogen-bond acceptors (Lipinski definition) is 4. The Bertz CT molecular complexity index is 497. The van der Waals surface area contributed by atoms with Crippen LogP contribution in [0.5, 0.6) is 0 Å². The molecule has 0 spiro atoms. The van der Waals surface area contributed by atoms with Gasteiger partial charge >= 0.3 is 0 Å². The SMILES string of the molecule is Cc1cc(S(=O)(=O)NC(CN)CC(C)C)c(C)o1.Cl. The molecule has 1 aromatic heterocycles. The molecule has 0 aliphatic heterocycles. The number of nitrogens with one attached hydrogen (secondary N) is 1. The first-order valence-corrected chi connectivity index (χ1v) is 7.54. The van der Waals surface area contributed by atoms with Crippen LogP contribution in [0.3, 0.4) is 0 Å². The first-order valence-electron chi connectivity index (χ1n) is 6.05. The molecule has 3 N–H and O–H groups in total. The van der Waals surface area contributed by atoms with E-state index in [1.807, 2.05) is 13.8 Å². The zero-order valence-electron chi connectivity index (χ0n) is 11.8. The third-order valence-corrected chi connectivity index (χ3v) is 4.28. The monoisotopic (exact) mass is 310 g/mol. The van der Waals surface area contributed by atoms with E-state index in [-0.39, 0.29) is 29.9 Å². The molecule has 0 fully saturated rings. The van der Waals surface area contributed by atoms with E-state index < -0.39 is 10.0 Å². The van der Waals surface area contributed by atoms with Gasteiger partial charge in [0.05, 0.1) is 0 Å². The largest absolute Gasteiger partial charge is 0.465 e. The van der Waals surface area contributed by atoms with Crippen molar-refractivity contribution >= 4 is 22.4 Å². The summed E-state index contributed by atoms with van der Waals surface area (Å²) in [4.78, 5) is 0.196. The fourth-order valence-electron chi connectivity index (χ4n) is 1.92. The summed E-state index contributed by atoms with van der Waals surface area (Å²) < 4.78 is 32.3. The Morgan fingerprint density at radius 3 is 2.32 bits per heavy atom. The van der Waals surface area contributed by atoms with Crippen molar-refractivity contribution in [3.8, 4) is 0 Å². The second kappa shape index (κ2) is 7.28. The number of aryl methyl sites for hydroxylation is 2. The van der Waals surface area contributed by atoms with Gasteiger partial charge in [0, 0.05) is 12.6 Å². The zero-order valence-corrected chi connectivity index (χ0v) is 13.4. The number of rotatable bonds is 6. The van der Waals surface area contributed by atoms with Gasteiger partial charge in [0.25, 0.3) is 0 Å². The average Bonchev–Trinajstić information content (AvgIpc) is 2.56. The van der Waals surface area contributed by atoms with E-state index in [2.05, 4.69) is 4.72 Å². The Morgan fingerprint density at radius 2 is 1.95 bits per heavy atom. The van der Waals surface area contributed by atoms with Crippen molar-refractivity contribution in [1.82, 2.24) is 4.72 Å². The molecule has 0 amide bonds. The predicted molar refractivity (Wildman–Crippen MR) is 78.0 cm³/mol. The second-order valence-electron chi connectivity index (χ2n) is 4.96. The summed E-state index contributed by atoms with van der Waals surface area (Å²) in [5.41, 5.74) is 5.60. The minimum Gasteiger partial charge on any atom is -0.465 e. The lowest BCUT2D eigenvalue weighted by molar-refractivity contribution is 0.463. The van der Waals surface area contributed by atoms with E-state index in [0.29, 0.717) is 23.9 Å². The number of halogens is 1.